The highest BCUT2D eigenvalue weighted by Gasteiger charge is 2.13. The van der Waals surface area contributed by atoms with E-state index in [4.69, 9.17) is 0 Å². The smallest absolute Gasteiger partial charge is 0.122 e. The third-order valence-corrected chi connectivity index (χ3v) is 3.27. The summed E-state index contributed by atoms with van der Waals surface area (Å²) in [6, 6.07) is 0. The zero-order chi connectivity index (χ0) is 10.9. The molecule has 0 saturated heterocycles. The summed E-state index contributed by atoms with van der Waals surface area (Å²) in [5, 5.41) is 9.98. The molecule has 0 saturated carbocycles. The van der Waals surface area contributed by atoms with Crippen molar-refractivity contribution in [2.75, 3.05) is 0 Å². The molecule has 1 nitrogen and oxygen atoms in total. The Kier molecular flexibility index (Phi) is 3.20. The Morgan fingerprint density at radius 3 is 1.71 bits per heavy atom. The lowest BCUT2D eigenvalue weighted by Gasteiger charge is -2.17. The molecule has 0 fully saturated rings. The van der Waals surface area contributed by atoms with Crippen LogP contribution in [0.2, 0.25) is 0 Å². The van der Waals surface area contributed by atoms with Crippen LogP contribution >= 0.6 is 0 Å². The average molecular weight is 192 g/mol. The average Bonchev–Trinajstić information content (AvgIpc) is 2.16. The second kappa shape index (κ2) is 4.04. The number of phenols is 1. The van der Waals surface area contributed by atoms with E-state index >= 15 is 0 Å². The Morgan fingerprint density at radius 1 is 0.786 bits per heavy atom. The second-order valence-corrected chi connectivity index (χ2v) is 3.89. The van der Waals surface area contributed by atoms with E-state index in [1.54, 1.807) is 0 Å². The van der Waals surface area contributed by atoms with Gasteiger partial charge in [-0.05, 0) is 61.4 Å². The standard InChI is InChI=1S/C13H20O/c1-6-11-8(3)9(4)13(14)12(7-2)10(11)5/h14H,6-7H2,1-5H3. The maximum Gasteiger partial charge on any atom is 0.122 e. The van der Waals surface area contributed by atoms with Crippen molar-refractivity contribution in [2.24, 2.45) is 0 Å². The zero-order valence-corrected chi connectivity index (χ0v) is 9.86. The highest BCUT2D eigenvalue weighted by atomic mass is 16.3. The predicted octanol–water partition coefficient (Wildman–Crippen LogP) is 3.44. The van der Waals surface area contributed by atoms with Gasteiger partial charge in [-0.1, -0.05) is 13.8 Å². The van der Waals surface area contributed by atoms with E-state index in [-0.39, 0.29) is 0 Å². The normalized spacial score (nSPS) is 10.6. The van der Waals surface area contributed by atoms with Crippen molar-refractivity contribution >= 4 is 0 Å². The summed E-state index contributed by atoms with van der Waals surface area (Å²) in [6.45, 7) is 10.5. The van der Waals surface area contributed by atoms with Crippen molar-refractivity contribution < 1.29 is 5.11 Å². The molecule has 1 rings (SSSR count). The van der Waals surface area contributed by atoms with E-state index in [2.05, 4.69) is 27.7 Å². The van der Waals surface area contributed by atoms with Gasteiger partial charge in [0.05, 0.1) is 0 Å². The summed E-state index contributed by atoms with van der Waals surface area (Å²) in [4.78, 5) is 0. The van der Waals surface area contributed by atoms with Gasteiger partial charge in [0.2, 0.25) is 0 Å². The monoisotopic (exact) mass is 192 g/mol. The molecule has 0 unspecified atom stereocenters. The van der Waals surface area contributed by atoms with Crippen LogP contribution in [-0.2, 0) is 12.8 Å². The van der Waals surface area contributed by atoms with Crippen LogP contribution in [0.4, 0.5) is 0 Å². The lowest BCUT2D eigenvalue weighted by Crippen LogP contribution is -2.00. The summed E-state index contributed by atoms with van der Waals surface area (Å²) < 4.78 is 0. The van der Waals surface area contributed by atoms with Gasteiger partial charge < -0.3 is 5.11 Å². The van der Waals surface area contributed by atoms with E-state index in [9.17, 15) is 5.11 Å². The molecule has 0 aliphatic rings. The molecule has 0 aliphatic carbocycles. The summed E-state index contributed by atoms with van der Waals surface area (Å²) >= 11 is 0. The van der Waals surface area contributed by atoms with Gasteiger partial charge in [-0.25, -0.2) is 0 Å². The van der Waals surface area contributed by atoms with Crippen LogP contribution in [0.5, 0.6) is 5.75 Å². The first kappa shape index (κ1) is 11.1. The Labute approximate surface area is 86.8 Å². The van der Waals surface area contributed by atoms with Crippen molar-refractivity contribution in [2.45, 2.75) is 47.5 Å². The Morgan fingerprint density at radius 2 is 1.29 bits per heavy atom. The molecule has 0 aliphatic heterocycles. The Hall–Kier alpha value is -0.980. The minimum absolute atomic E-state index is 0.500. The number of hydrogen-bond donors (Lipinski definition) is 1. The Bertz CT molecular complexity index is 320. The van der Waals surface area contributed by atoms with E-state index in [1.165, 1.54) is 16.7 Å². The van der Waals surface area contributed by atoms with Crippen molar-refractivity contribution in [1.82, 2.24) is 0 Å². The van der Waals surface area contributed by atoms with E-state index in [0.717, 1.165) is 24.0 Å². The van der Waals surface area contributed by atoms with Crippen LogP contribution in [0.3, 0.4) is 0 Å². The second-order valence-electron chi connectivity index (χ2n) is 3.89. The van der Waals surface area contributed by atoms with E-state index in [0.29, 0.717) is 5.75 Å². The molecule has 0 heterocycles. The largest absolute Gasteiger partial charge is 0.507 e. The maximum absolute atomic E-state index is 9.98. The number of aromatic hydroxyl groups is 1. The quantitative estimate of drug-likeness (QED) is 0.761. The summed E-state index contributed by atoms with van der Waals surface area (Å²) in [7, 11) is 0. The lowest BCUT2D eigenvalue weighted by atomic mass is 9.90. The molecule has 0 bridgehead atoms. The first-order chi connectivity index (χ1) is 6.54. The molecule has 1 N–H and O–H groups in total. The van der Waals surface area contributed by atoms with Gasteiger partial charge >= 0.3 is 0 Å². The van der Waals surface area contributed by atoms with Gasteiger partial charge in [-0.3, -0.25) is 0 Å². The lowest BCUT2D eigenvalue weighted by molar-refractivity contribution is 0.463. The van der Waals surface area contributed by atoms with Crippen LogP contribution < -0.4 is 0 Å². The molecule has 78 valence electrons. The van der Waals surface area contributed by atoms with E-state index < -0.39 is 0 Å². The van der Waals surface area contributed by atoms with Gasteiger partial charge in [0, 0.05) is 0 Å². The summed E-state index contributed by atoms with van der Waals surface area (Å²) in [6.07, 6.45) is 1.96. The van der Waals surface area contributed by atoms with Crippen LogP contribution in [0, 0.1) is 20.8 Å². The molecule has 0 atom stereocenters. The molecule has 0 radical (unpaired) electrons. The molecule has 0 amide bonds. The van der Waals surface area contributed by atoms with Crippen molar-refractivity contribution in [3.8, 4) is 5.75 Å². The molecular formula is C13H20O. The van der Waals surface area contributed by atoms with Gasteiger partial charge in [-0.2, -0.15) is 0 Å². The molecule has 0 aromatic heterocycles. The molecule has 0 spiro atoms. The number of phenolic OH excluding ortho intramolecular Hbond substituents is 1. The first-order valence-electron chi connectivity index (χ1n) is 5.34. The van der Waals surface area contributed by atoms with Crippen molar-refractivity contribution in [1.29, 1.82) is 0 Å². The fourth-order valence-corrected chi connectivity index (χ4v) is 2.23. The zero-order valence-electron chi connectivity index (χ0n) is 9.86. The third kappa shape index (κ3) is 1.52. The van der Waals surface area contributed by atoms with Crippen molar-refractivity contribution in [3.63, 3.8) is 0 Å². The highest BCUT2D eigenvalue weighted by molar-refractivity contribution is 5.53. The number of benzene rings is 1. The third-order valence-electron chi connectivity index (χ3n) is 3.27. The molecule has 1 heteroatoms. The summed E-state index contributed by atoms with van der Waals surface area (Å²) in [5.74, 6) is 0.500. The highest BCUT2D eigenvalue weighted by Crippen LogP contribution is 2.32. The fourth-order valence-electron chi connectivity index (χ4n) is 2.23. The van der Waals surface area contributed by atoms with Gasteiger partial charge in [-0.15, -0.1) is 0 Å². The topological polar surface area (TPSA) is 20.2 Å². The molecule has 1 aromatic rings. The molecule has 1 aromatic carbocycles. The van der Waals surface area contributed by atoms with Crippen molar-refractivity contribution in [3.05, 3.63) is 27.8 Å². The first-order valence-corrected chi connectivity index (χ1v) is 5.34. The maximum atomic E-state index is 9.98. The van der Waals surface area contributed by atoms with Crippen LogP contribution in [0.1, 0.15) is 41.7 Å². The number of rotatable bonds is 2. The Balaban J connectivity index is 3.56. The van der Waals surface area contributed by atoms with E-state index in [1.807, 2.05) is 6.92 Å². The number of hydrogen-bond acceptors (Lipinski definition) is 1. The predicted molar refractivity (Wildman–Crippen MR) is 61.1 cm³/mol. The SMILES string of the molecule is CCc1c(C)c(C)c(O)c(CC)c1C. The minimum atomic E-state index is 0.500. The van der Waals surface area contributed by atoms with Crippen LogP contribution in [-0.4, -0.2) is 5.11 Å². The molecule has 14 heavy (non-hydrogen) atoms. The minimum Gasteiger partial charge on any atom is -0.507 e. The van der Waals surface area contributed by atoms with Gasteiger partial charge in [0.1, 0.15) is 5.75 Å². The fraction of sp³-hybridized carbons (Fsp3) is 0.538. The van der Waals surface area contributed by atoms with Gasteiger partial charge in [0.25, 0.3) is 0 Å². The molecular weight excluding hydrogens is 172 g/mol. The van der Waals surface area contributed by atoms with Crippen LogP contribution in [0.25, 0.3) is 0 Å². The summed E-state index contributed by atoms with van der Waals surface area (Å²) in [5.41, 5.74) is 6.08. The van der Waals surface area contributed by atoms with Crippen LogP contribution in [0.15, 0.2) is 0 Å². The van der Waals surface area contributed by atoms with Gasteiger partial charge in [0.15, 0.2) is 0 Å².